The molecule has 2 aromatic rings. The number of aryl methyl sites for hydroxylation is 2. The van der Waals surface area contributed by atoms with Crippen molar-refractivity contribution < 1.29 is 0 Å². The van der Waals surface area contributed by atoms with Gasteiger partial charge in [0, 0.05) is 51.5 Å². The predicted molar refractivity (Wildman–Crippen MR) is 140 cm³/mol. The first-order valence-corrected chi connectivity index (χ1v) is 11.2. The van der Waals surface area contributed by atoms with E-state index < -0.39 is 0 Å². The number of nitrogens with zero attached hydrogens (tertiary/aromatic N) is 5. The zero-order valence-corrected chi connectivity index (χ0v) is 21.7. The molecule has 1 saturated heterocycles. The van der Waals surface area contributed by atoms with Gasteiger partial charge in [-0.25, -0.2) is 9.67 Å². The summed E-state index contributed by atoms with van der Waals surface area (Å²) in [7, 11) is 0. The van der Waals surface area contributed by atoms with Crippen LogP contribution < -0.4 is 10.6 Å². The summed E-state index contributed by atoms with van der Waals surface area (Å²) in [5.41, 5.74) is 4.42. The lowest BCUT2D eigenvalue weighted by molar-refractivity contribution is 0.139. The van der Waals surface area contributed by atoms with Crippen LogP contribution in [-0.2, 0) is 6.54 Å². The molecule has 0 amide bonds. The number of guanidine groups is 1. The normalized spacial score (nSPS) is 15.5. The number of nitrogens with one attached hydrogen (secondary N) is 2. The molecule has 31 heavy (non-hydrogen) atoms. The third-order valence-corrected chi connectivity index (χ3v) is 5.61. The van der Waals surface area contributed by atoms with Gasteiger partial charge in [0.05, 0.1) is 17.9 Å². The Labute approximate surface area is 204 Å². The average molecular weight is 540 g/mol. The van der Waals surface area contributed by atoms with E-state index >= 15 is 0 Å². The maximum absolute atomic E-state index is 4.84. The quantitative estimate of drug-likeness (QED) is 0.307. The summed E-state index contributed by atoms with van der Waals surface area (Å²) >= 11 is 0. The van der Waals surface area contributed by atoms with Crippen LogP contribution in [0.1, 0.15) is 30.8 Å². The van der Waals surface area contributed by atoms with E-state index in [4.69, 9.17) is 4.99 Å². The summed E-state index contributed by atoms with van der Waals surface area (Å²) in [5, 5.41) is 11.5. The summed E-state index contributed by atoms with van der Waals surface area (Å²) in [4.78, 5) is 9.88. The Hall–Kier alpha value is -1.65. The lowest BCUT2D eigenvalue weighted by Gasteiger charge is -2.34. The van der Waals surface area contributed by atoms with Crippen molar-refractivity contribution in [2.75, 3.05) is 52.4 Å². The number of aliphatic imine (C=N–C) groups is 1. The molecule has 2 heterocycles. The molecule has 1 aromatic heterocycles. The minimum absolute atomic E-state index is 0. The molecule has 0 atom stereocenters. The van der Waals surface area contributed by atoms with E-state index in [2.05, 4.69) is 76.6 Å². The third-order valence-electron chi connectivity index (χ3n) is 5.61. The molecule has 0 bridgehead atoms. The Balaban J connectivity index is 0.00000341. The fraction of sp³-hybridized carbons (Fsp3) is 0.565. The van der Waals surface area contributed by atoms with E-state index in [1.165, 1.54) is 13.1 Å². The average Bonchev–Trinajstić information content (AvgIpc) is 3.10. The molecule has 0 radical (unpaired) electrons. The van der Waals surface area contributed by atoms with Crippen LogP contribution >= 0.6 is 24.0 Å². The minimum Gasteiger partial charge on any atom is -0.357 e. The molecule has 7 nitrogen and oxygen atoms in total. The first kappa shape index (κ1) is 25.6. The summed E-state index contributed by atoms with van der Waals surface area (Å²) in [6.07, 6.45) is 0. The lowest BCUT2D eigenvalue weighted by atomic mass is 10.2. The molecule has 0 aliphatic carbocycles. The Morgan fingerprint density at radius 3 is 2.39 bits per heavy atom. The Morgan fingerprint density at radius 1 is 1.03 bits per heavy atom. The van der Waals surface area contributed by atoms with Crippen molar-refractivity contribution in [1.29, 1.82) is 0 Å². The van der Waals surface area contributed by atoms with Gasteiger partial charge in [0.25, 0.3) is 0 Å². The van der Waals surface area contributed by atoms with E-state index in [0.717, 1.165) is 67.9 Å². The number of para-hydroxylation sites is 1. The summed E-state index contributed by atoms with van der Waals surface area (Å²) < 4.78 is 2.01. The van der Waals surface area contributed by atoms with Crippen molar-refractivity contribution in [2.24, 2.45) is 4.99 Å². The molecule has 172 valence electrons. The first-order valence-electron chi connectivity index (χ1n) is 11.2. The van der Waals surface area contributed by atoms with Crippen molar-refractivity contribution in [3.8, 4) is 5.69 Å². The van der Waals surface area contributed by atoms with Crippen molar-refractivity contribution in [3.63, 3.8) is 0 Å². The summed E-state index contributed by atoms with van der Waals surface area (Å²) in [5.74, 6) is 0.868. The van der Waals surface area contributed by atoms with E-state index in [0.29, 0.717) is 6.54 Å². The lowest BCUT2D eigenvalue weighted by Crippen LogP contribution is -2.49. The largest absolute Gasteiger partial charge is 0.357 e. The first-order chi connectivity index (χ1) is 14.6. The van der Waals surface area contributed by atoms with E-state index in [9.17, 15) is 0 Å². The van der Waals surface area contributed by atoms with E-state index in [1.807, 2.05) is 11.6 Å². The molecule has 0 saturated carbocycles. The van der Waals surface area contributed by atoms with Crippen LogP contribution in [0.2, 0.25) is 0 Å². The van der Waals surface area contributed by atoms with E-state index in [-0.39, 0.29) is 24.0 Å². The second-order valence-electron chi connectivity index (χ2n) is 7.87. The molecule has 0 spiro atoms. The van der Waals surface area contributed by atoms with Gasteiger partial charge in [-0.3, -0.25) is 4.90 Å². The van der Waals surface area contributed by atoms with Crippen LogP contribution in [0.15, 0.2) is 35.3 Å². The maximum atomic E-state index is 4.84. The second kappa shape index (κ2) is 13.0. The Bertz CT molecular complexity index is 825. The number of hydrogen-bond donors (Lipinski definition) is 2. The van der Waals surface area contributed by atoms with Crippen molar-refractivity contribution in [2.45, 2.75) is 34.2 Å². The third kappa shape index (κ3) is 7.47. The van der Waals surface area contributed by atoms with Crippen molar-refractivity contribution in [1.82, 2.24) is 30.2 Å². The fourth-order valence-electron chi connectivity index (χ4n) is 3.89. The van der Waals surface area contributed by atoms with Crippen LogP contribution in [0.5, 0.6) is 0 Å². The number of benzene rings is 1. The molecule has 3 rings (SSSR count). The zero-order chi connectivity index (χ0) is 21.3. The number of likely N-dealkylation sites (N-methyl/N-ethyl adjacent to an activating group) is 1. The highest BCUT2D eigenvalue weighted by Crippen LogP contribution is 2.17. The highest BCUT2D eigenvalue weighted by atomic mass is 127. The van der Waals surface area contributed by atoms with Gasteiger partial charge in [-0.15, -0.1) is 24.0 Å². The van der Waals surface area contributed by atoms with Gasteiger partial charge < -0.3 is 15.5 Å². The molecule has 1 aliphatic rings. The number of piperazine rings is 1. The van der Waals surface area contributed by atoms with Crippen molar-refractivity contribution in [3.05, 3.63) is 47.3 Å². The molecule has 0 unspecified atom stereocenters. The van der Waals surface area contributed by atoms with Gasteiger partial charge in [-0.05, 0) is 45.0 Å². The van der Waals surface area contributed by atoms with Crippen LogP contribution in [0.25, 0.3) is 5.69 Å². The molecule has 8 heteroatoms. The zero-order valence-electron chi connectivity index (χ0n) is 19.4. The molecule has 1 aromatic carbocycles. The van der Waals surface area contributed by atoms with Gasteiger partial charge >= 0.3 is 0 Å². The van der Waals surface area contributed by atoms with E-state index in [1.54, 1.807) is 0 Å². The highest BCUT2D eigenvalue weighted by Gasteiger charge is 2.15. The fourth-order valence-corrected chi connectivity index (χ4v) is 3.89. The minimum atomic E-state index is 0. The van der Waals surface area contributed by atoms with Gasteiger partial charge in [0.1, 0.15) is 0 Å². The van der Waals surface area contributed by atoms with Gasteiger partial charge in [0.2, 0.25) is 0 Å². The van der Waals surface area contributed by atoms with Gasteiger partial charge in [-0.2, -0.15) is 5.10 Å². The predicted octanol–water partition coefficient (Wildman–Crippen LogP) is 2.80. The number of rotatable bonds is 8. The smallest absolute Gasteiger partial charge is 0.191 e. The van der Waals surface area contributed by atoms with Crippen molar-refractivity contribution >= 4 is 29.9 Å². The number of halogens is 1. The van der Waals surface area contributed by atoms with Gasteiger partial charge in [0.15, 0.2) is 5.96 Å². The molecule has 2 N–H and O–H groups in total. The van der Waals surface area contributed by atoms with Crippen LogP contribution in [0.3, 0.4) is 0 Å². The Kier molecular flexibility index (Phi) is 10.8. The monoisotopic (exact) mass is 539 g/mol. The number of hydrogen-bond acceptors (Lipinski definition) is 4. The molecular weight excluding hydrogens is 501 g/mol. The second-order valence-corrected chi connectivity index (χ2v) is 7.87. The molecule has 1 aliphatic heterocycles. The topological polar surface area (TPSA) is 60.7 Å². The highest BCUT2D eigenvalue weighted by molar-refractivity contribution is 14.0. The van der Waals surface area contributed by atoms with Crippen LogP contribution in [0.4, 0.5) is 0 Å². The SMILES string of the molecule is CCNC(=NCc1ccccc1-n1nc(C)cc1C)NCCN1CCN(CC)CC1.I. The van der Waals surface area contributed by atoms with Crippen LogP contribution in [-0.4, -0.2) is 77.9 Å². The van der Waals surface area contributed by atoms with Crippen LogP contribution in [0, 0.1) is 13.8 Å². The standard InChI is InChI=1S/C23H37N7.HI/c1-5-24-23(25-11-12-29-15-13-28(6-2)14-16-29)26-18-21-9-7-8-10-22(21)30-20(4)17-19(3)27-30;/h7-10,17H,5-6,11-16,18H2,1-4H3,(H2,24,25,26);1H. The maximum Gasteiger partial charge on any atom is 0.191 e. The summed E-state index contributed by atoms with van der Waals surface area (Å²) in [6, 6.07) is 10.5. The summed E-state index contributed by atoms with van der Waals surface area (Å²) in [6.45, 7) is 17.7. The Morgan fingerprint density at radius 2 is 1.74 bits per heavy atom. The molecular formula is C23H38IN7. The van der Waals surface area contributed by atoms with Gasteiger partial charge in [-0.1, -0.05) is 25.1 Å². The molecule has 1 fully saturated rings. The number of aromatic nitrogens is 2.